The molecule has 10 heteroatoms. The van der Waals surface area contributed by atoms with Gasteiger partial charge in [-0.05, 0) is 77.0 Å². The molecule has 0 aliphatic carbocycles. The summed E-state index contributed by atoms with van der Waals surface area (Å²) in [6.07, 6.45) is 41.4. The zero-order chi connectivity index (χ0) is 37.5. The molecule has 51 heavy (non-hydrogen) atoms. The van der Waals surface area contributed by atoms with Gasteiger partial charge in [-0.3, -0.25) is 18.6 Å². The maximum atomic E-state index is 12.5. The van der Waals surface area contributed by atoms with Crippen molar-refractivity contribution >= 4 is 19.8 Å². The smallest absolute Gasteiger partial charge is 0.462 e. The maximum absolute atomic E-state index is 12.5. The minimum Gasteiger partial charge on any atom is -0.462 e. The molecule has 0 saturated heterocycles. The number of phosphoric acid groups is 1. The molecule has 0 aromatic rings. The highest BCUT2D eigenvalue weighted by Crippen LogP contribution is 2.43. The number of hydrogen-bond acceptors (Lipinski definition) is 8. The molecule has 2 atom stereocenters. The van der Waals surface area contributed by atoms with E-state index in [0.29, 0.717) is 12.8 Å². The van der Waals surface area contributed by atoms with Crippen LogP contribution in [0, 0.1) is 0 Å². The second-order valence-electron chi connectivity index (χ2n) is 13.1. The summed E-state index contributed by atoms with van der Waals surface area (Å²) in [6, 6.07) is 0. The standard InChI is InChI=1S/C41H74NO8P/c1-3-5-7-9-11-13-15-17-19-21-23-25-27-29-31-33-40(43)47-37-39(38-49-51(45,46)48-36-35-42)50-41(44)34-32-30-28-26-24-22-20-18-16-14-12-10-8-6-4-2/h11,13,17-20,23,25,39H,3-10,12,14-16,21-22,24,26-38,42H2,1-2H3,(H,45,46)/b13-11-,19-17-,20-18-,25-23-/t39-/m1/s1. The lowest BCUT2D eigenvalue weighted by molar-refractivity contribution is -0.161. The van der Waals surface area contributed by atoms with E-state index in [4.69, 9.17) is 24.3 Å². The summed E-state index contributed by atoms with van der Waals surface area (Å²) in [5.74, 6) is -0.886. The molecule has 0 bridgehead atoms. The molecule has 296 valence electrons. The predicted molar refractivity (Wildman–Crippen MR) is 210 cm³/mol. The lowest BCUT2D eigenvalue weighted by atomic mass is 10.1. The second-order valence-corrected chi connectivity index (χ2v) is 14.6. The predicted octanol–water partition coefficient (Wildman–Crippen LogP) is 11.2. The Morgan fingerprint density at radius 3 is 1.61 bits per heavy atom. The van der Waals surface area contributed by atoms with Crippen LogP contribution in [0.1, 0.15) is 168 Å². The second kappa shape index (κ2) is 37.7. The molecule has 0 aromatic heterocycles. The Balaban J connectivity index is 4.29. The third-order valence-corrected chi connectivity index (χ3v) is 9.17. The number of allylic oxidation sites excluding steroid dienone is 8. The molecule has 0 heterocycles. The van der Waals surface area contributed by atoms with Crippen LogP contribution >= 0.6 is 7.82 Å². The highest BCUT2D eigenvalue weighted by Gasteiger charge is 2.25. The van der Waals surface area contributed by atoms with E-state index in [9.17, 15) is 19.0 Å². The van der Waals surface area contributed by atoms with Crippen LogP contribution in [-0.2, 0) is 32.7 Å². The van der Waals surface area contributed by atoms with Gasteiger partial charge in [0, 0.05) is 19.4 Å². The zero-order valence-electron chi connectivity index (χ0n) is 32.3. The Morgan fingerprint density at radius 2 is 1.02 bits per heavy atom. The fourth-order valence-corrected chi connectivity index (χ4v) is 5.93. The molecule has 0 fully saturated rings. The Morgan fingerprint density at radius 1 is 0.588 bits per heavy atom. The largest absolute Gasteiger partial charge is 0.472 e. The highest BCUT2D eigenvalue weighted by atomic mass is 31.2. The topological polar surface area (TPSA) is 134 Å². The average molecular weight is 740 g/mol. The van der Waals surface area contributed by atoms with Gasteiger partial charge in [0.25, 0.3) is 0 Å². The van der Waals surface area contributed by atoms with E-state index in [-0.39, 0.29) is 32.6 Å². The molecule has 0 rings (SSSR count). The molecule has 9 nitrogen and oxygen atoms in total. The SMILES string of the molecule is CCCCC/C=C\C/C=C\C/C=C\CCCCC(=O)OC[C@H](COP(=O)(O)OCCN)OC(=O)CCCCCCC/C=C\CCCCCCCC. The van der Waals surface area contributed by atoms with Crippen LogP contribution in [0.15, 0.2) is 48.6 Å². The Labute approximate surface area is 311 Å². The Bertz CT molecular complexity index is 981. The molecule has 0 aromatic carbocycles. The zero-order valence-corrected chi connectivity index (χ0v) is 33.2. The van der Waals surface area contributed by atoms with Gasteiger partial charge in [-0.2, -0.15) is 0 Å². The third-order valence-electron chi connectivity index (χ3n) is 8.19. The van der Waals surface area contributed by atoms with Gasteiger partial charge in [0.2, 0.25) is 0 Å². The van der Waals surface area contributed by atoms with Gasteiger partial charge in [-0.15, -0.1) is 0 Å². The fourth-order valence-electron chi connectivity index (χ4n) is 5.16. The van der Waals surface area contributed by atoms with Gasteiger partial charge in [-0.1, -0.05) is 127 Å². The quantitative estimate of drug-likeness (QED) is 0.0276. The van der Waals surface area contributed by atoms with Gasteiger partial charge in [0.15, 0.2) is 6.10 Å². The van der Waals surface area contributed by atoms with Crippen molar-refractivity contribution in [3.63, 3.8) is 0 Å². The molecule has 0 aliphatic rings. The molecular weight excluding hydrogens is 665 g/mol. The lowest BCUT2D eigenvalue weighted by Crippen LogP contribution is -2.29. The molecule has 0 aliphatic heterocycles. The fraction of sp³-hybridized carbons (Fsp3) is 0.756. The summed E-state index contributed by atoms with van der Waals surface area (Å²) in [4.78, 5) is 34.7. The van der Waals surface area contributed by atoms with Crippen LogP contribution in [0.4, 0.5) is 0 Å². The van der Waals surface area contributed by atoms with Crippen molar-refractivity contribution in [1.29, 1.82) is 0 Å². The summed E-state index contributed by atoms with van der Waals surface area (Å²) in [6.45, 7) is 3.63. The van der Waals surface area contributed by atoms with Crippen LogP contribution in [0.25, 0.3) is 0 Å². The van der Waals surface area contributed by atoms with Gasteiger partial charge in [-0.25, -0.2) is 4.57 Å². The summed E-state index contributed by atoms with van der Waals surface area (Å²) in [5, 5.41) is 0. The van der Waals surface area contributed by atoms with Gasteiger partial charge in [0.05, 0.1) is 13.2 Å². The van der Waals surface area contributed by atoms with E-state index in [2.05, 4.69) is 62.5 Å². The van der Waals surface area contributed by atoms with E-state index in [1.807, 2.05) is 0 Å². The van der Waals surface area contributed by atoms with Crippen LogP contribution < -0.4 is 5.73 Å². The van der Waals surface area contributed by atoms with E-state index in [1.165, 1.54) is 64.2 Å². The third kappa shape index (κ3) is 37.5. The van der Waals surface area contributed by atoms with Crippen LogP contribution in [0.5, 0.6) is 0 Å². The van der Waals surface area contributed by atoms with Crippen molar-refractivity contribution in [3.8, 4) is 0 Å². The van der Waals surface area contributed by atoms with Gasteiger partial charge < -0.3 is 20.1 Å². The highest BCUT2D eigenvalue weighted by molar-refractivity contribution is 7.47. The molecule has 0 amide bonds. The van der Waals surface area contributed by atoms with Crippen molar-refractivity contribution in [2.24, 2.45) is 5.73 Å². The van der Waals surface area contributed by atoms with Crippen molar-refractivity contribution in [2.75, 3.05) is 26.4 Å². The summed E-state index contributed by atoms with van der Waals surface area (Å²) < 4.78 is 32.6. The first-order chi connectivity index (χ1) is 24.8. The number of hydrogen-bond donors (Lipinski definition) is 2. The number of esters is 2. The first kappa shape index (κ1) is 49.0. The van der Waals surface area contributed by atoms with Crippen LogP contribution in [0.3, 0.4) is 0 Å². The van der Waals surface area contributed by atoms with E-state index < -0.39 is 32.5 Å². The van der Waals surface area contributed by atoms with Crippen LogP contribution in [-0.4, -0.2) is 49.3 Å². The maximum Gasteiger partial charge on any atom is 0.472 e. The Hall–Kier alpha value is -2.03. The molecule has 0 spiro atoms. The average Bonchev–Trinajstić information content (AvgIpc) is 3.11. The Kier molecular flexibility index (Phi) is 36.2. The van der Waals surface area contributed by atoms with Crippen molar-refractivity contribution in [1.82, 2.24) is 0 Å². The van der Waals surface area contributed by atoms with Crippen molar-refractivity contribution < 1.29 is 37.6 Å². The first-order valence-electron chi connectivity index (χ1n) is 20.1. The molecular formula is C41H74NO8P. The molecule has 0 radical (unpaired) electrons. The van der Waals surface area contributed by atoms with E-state index in [0.717, 1.165) is 64.2 Å². The summed E-state index contributed by atoms with van der Waals surface area (Å²) in [5.41, 5.74) is 5.33. The van der Waals surface area contributed by atoms with Crippen molar-refractivity contribution in [2.45, 2.75) is 174 Å². The molecule has 0 saturated carbocycles. The number of nitrogens with two attached hydrogens (primary N) is 1. The van der Waals surface area contributed by atoms with E-state index in [1.54, 1.807) is 0 Å². The number of carbonyl (C=O) groups excluding carboxylic acids is 2. The summed E-state index contributed by atoms with van der Waals surface area (Å²) in [7, 11) is -4.38. The normalized spacial score (nSPS) is 13.9. The monoisotopic (exact) mass is 740 g/mol. The van der Waals surface area contributed by atoms with E-state index >= 15 is 0 Å². The number of carbonyl (C=O) groups is 2. The summed E-state index contributed by atoms with van der Waals surface area (Å²) >= 11 is 0. The molecule has 3 N–H and O–H groups in total. The number of ether oxygens (including phenoxy) is 2. The minimum absolute atomic E-state index is 0.0455. The first-order valence-corrected chi connectivity index (χ1v) is 21.6. The van der Waals surface area contributed by atoms with Gasteiger partial charge >= 0.3 is 19.8 Å². The lowest BCUT2D eigenvalue weighted by Gasteiger charge is -2.19. The number of phosphoric ester groups is 1. The molecule has 1 unspecified atom stereocenters. The minimum atomic E-state index is -4.38. The van der Waals surface area contributed by atoms with Crippen molar-refractivity contribution in [3.05, 3.63) is 48.6 Å². The number of unbranched alkanes of at least 4 members (excludes halogenated alkanes) is 16. The van der Waals surface area contributed by atoms with Gasteiger partial charge in [0.1, 0.15) is 6.61 Å². The van der Waals surface area contributed by atoms with Crippen LogP contribution in [0.2, 0.25) is 0 Å². The number of rotatable bonds is 37.